The van der Waals surface area contributed by atoms with E-state index in [9.17, 15) is 9.59 Å². The Hall–Kier alpha value is -2.04. The van der Waals surface area contributed by atoms with E-state index in [-0.39, 0.29) is 16.5 Å². The van der Waals surface area contributed by atoms with Crippen LogP contribution in [-0.4, -0.2) is 18.4 Å². The van der Waals surface area contributed by atoms with Gasteiger partial charge < -0.3 is 9.64 Å². The van der Waals surface area contributed by atoms with E-state index < -0.39 is 5.97 Å². The number of carbonyl (C=O) groups is 2. The molecule has 0 unspecified atom stereocenters. The van der Waals surface area contributed by atoms with E-state index in [1.807, 2.05) is 0 Å². The zero-order valence-corrected chi connectivity index (χ0v) is 13.6. The molecule has 1 amide bonds. The van der Waals surface area contributed by atoms with Gasteiger partial charge in [-0.3, -0.25) is 4.79 Å². The lowest BCUT2D eigenvalue weighted by Crippen LogP contribution is -2.23. The Balaban J connectivity index is 1.73. The van der Waals surface area contributed by atoms with E-state index >= 15 is 0 Å². The highest BCUT2D eigenvalue weighted by Crippen LogP contribution is 2.26. The zero-order valence-electron chi connectivity index (χ0n) is 12.1. The molecule has 4 nitrogen and oxygen atoms in total. The number of anilines is 1. The highest BCUT2D eigenvalue weighted by atomic mass is 35.5. The molecule has 0 saturated carbocycles. The smallest absolute Gasteiger partial charge is 0.345 e. The van der Waals surface area contributed by atoms with Crippen molar-refractivity contribution in [2.75, 3.05) is 11.4 Å². The normalized spacial score (nSPS) is 14.2. The van der Waals surface area contributed by atoms with E-state index in [0.29, 0.717) is 17.2 Å². The molecule has 118 valence electrons. The van der Waals surface area contributed by atoms with Crippen molar-refractivity contribution >= 4 is 40.8 Å². The van der Waals surface area contributed by atoms with Gasteiger partial charge in [-0.15, -0.1) is 0 Å². The Bertz CT molecular complexity index is 759. The fourth-order valence-electron chi connectivity index (χ4n) is 2.43. The summed E-state index contributed by atoms with van der Waals surface area (Å²) >= 11 is 11.8. The van der Waals surface area contributed by atoms with Gasteiger partial charge in [-0.2, -0.15) is 0 Å². The molecular formula is C17H13Cl2NO3. The molecule has 6 heteroatoms. The third-order valence-electron chi connectivity index (χ3n) is 3.58. The number of hydrogen-bond acceptors (Lipinski definition) is 3. The number of rotatable bonds is 3. The molecule has 3 rings (SSSR count). The molecule has 0 bridgehead atoms. The Morgan fingerprint density at radius 1 is 1.09 bits per heavy atom. The van der Waals surface area contributed by atoms with Gasteiger partial charge in [0.2, 0.25) is 5.91 Å². The zero-order chi connectivity index (χ0) is 16.4. The molecule has 2 aromatic rings. The Kier molecular flexibility index (Phi) is 4.55. The van der Waals surface area contributed by atoms with E-state index in [4.69, 9.17) is 27.9 Å². The number of esters is 1. The molecule has 0 atom stereocenters. The molecule has 0 radical (unpaired) electrons. The maximum absolute atomic E-state index is 12.1. The lowest BCUT2D eigenvalue weighted by molar-refractivity contribution is -0.117. The van der Waals surface area contributed by atoms with Crippen LogP contribution in [0.25, 0.3) is 0 Å². The molecule has 1 heterocycles. The summed E-state index contributed by atoms with van der Waals surface area (Å²) in [6, 6.07) is 11.4. The molecular weight excluding hydrogens is 337 g/mol. The van der Waals surface area contributed by atoms with Crippen molar-refractivity contribution in [3.8, 4) is 5.75 Å². The first-order valence-electron chi connectivity index (χ1n) is 7.12. The number of carbonyl (C=O) groups excluding carboxylic acids is 2. The lowest BCUT2D eigenvalue weighted by atomic mass is 10.2. The molecule has 2 aromatic carbocycles. The summed E-state index contributed by atoms with van der Waals surface area (Å²) < 4.78 is 5.30. The van der Waals surface area contributed by atoms with E-state index in [0.717, 1.165) is 18.7 Å². The van der Waals surface area contributed by atoms with Crippen LogP contribution in [0.1, 0.15) is 23.2 Å². The minimum Gasteiger partial charge on any atom is -0.423 e. The van der Waals surface area contributed by atoms with Crippen molar-refractivity contribution in [3.63, 3.8) is 0 Å². The van der Waals surface area contributed by atoms with Gasteiger partial charge in [0, 0.05) is 23.7 Å². The van der Waals surface area contributed by atoms with Crippen molar-refractivity contribution in [2.24, 2.45) is 0 Å². The molecule has 0 aromatic heterocycles. The van der Waals surface area contributed by atoms with E-state index in [2.05, 4.69) is 0 Å². The van der Waals surface area contributed by atoms with Crippen LogP contribution < -0.4 is 9.64 Å². The number of halogens is 2. The predicted molar refractivity (Wildman–Crippen MR) is 89.4 cm³/mol. The summed E-state index contributed by atoms with van der Waals surface area (Å²) in [6.45, 7) is 0.721. The summed E-state index contributed by atoms with van der Waals surface area (Å²) in [4.78, 5) is 25.6. The fourth-order valence-corrected chi connectivity index (χ4v) is 2.92. The summed E-state index contributed by atoms with van der Waals surface area (Å²) in [6.07, 6.45) is 1.44. The Labute approximate surface area is 143 Å². The summed E-state index contributed by atoms with van der Waals surface area (Å²) in [5, 5.41) is 0.688. The first-order valence-corrected chi connectivity index (χ1v) is 7.88. The van der Waals surface area contributed by atoms with Crippen molar-refractivity contribution in [1.29, 1.82) is 0 Å². The van der Waals surface area contributed by atoms with Crippen LogP contribution in [0, 0.1) is 0 Å². The first-order chi connectivity index (χ1) is 11.0. The van der Waals surface area contributed by atoms with Gasteiger partial charge in [-0.25, -0.2) is 4.79 Å². The maximum atomic E-state index is 12.1. The number of nitrogens with zero attached hydrogens (tertiary/aromatic N) is 1. The SMILES string of the molecule is O=C(Oc1ccc(N2CCCC2=O)cc1)c1ccc(Cl)cc1Cl. The second-order valence-electron chi connectivity index (χ2n) is 5.16. The monoisotopic (exact) mass is 349 g/mol. The summed E-state index contributed by atoms with van der Waals surface area (Å²) in [5.41, 5.74) is 1.05. The molecule has 1 saturated heterocycles. The average molecular weight is 350 g/mol. The van der Waals surface area contributed by atoms with Gasteiger partial charge in [-0.05, 0) is 48.9 Å². The van der Waals surface area contributed by atoms with E-state index in [1.54, 1.807) is 35.2 Å². The molecule has 1 fully saturated rings. The number of amides is 1. The van der Waals surface area contributed by atoms with Crippen molar-refractivity contribution in [3.05, 3.63) is 58.1 Å². The second kappa shape index (κ2) is 6.60. The first kappa shape index (κ1) is 15.8. The van der Waals surface area contributed by atoms with Gasteiger partial charge >= 0.3 is 5.97 Å². The summed E-state index contributed by atoms with van der Waals surface area (Å²) in [7, 11) is 0. The molecule has 0 spiro atoms. The van der Waals surface area contributed by atoms with Crippen LogP contribution >= 0.6 is 23.2 Å². The number of hydrogen-bond donors (Lipinski definition) is 0. The Morgan fingerprint density at radius 2 is 1.83 bits per heavy atom. The average Bonchev–Trinajstić information content (AvgIpc) is 2.94. The number of benzene rings is 2. The Morgan fingerprint density at radius 3 is 2.43 bits per heavy atom. The lowest BCUT2D eigenvalue weighted by Gasteiger charge is -2.15. The van der Waals surface area contributed by atoms with Crippen LogP contribution in [0.2, 0.25) is 10.0 Å². The third kappa shape index (κ3) is 3.49. The van der Waals surface area contributed by atoms with Gasteiger partial charge in [0.05, 0.1) is 10.6 Å². The molecule has 1 aliphatic heterocycles. The third-order valence-corrected chi connectivity index (χ3v) is 4.13. The molecule has 1 aliphatic rings. The molecule has 0 N–H and O–H groups in total. The van der Waals surface area contributed by atoms with Crippen LogP contribution in [0.5, 0.6) is 5.75 Å². The van der Waals surface area contributed by atoms with Crippen LogP contribution in [-0.2, 0) is 4.79 Å². The molecule has 23 heavy (non-hydrogen) atoms. The van der Waals surface area contributed by atoms with Crippen molar-refractivity contribution < 1.29 is 14.3 Å². The van der Waals surface area contributed by atoms with Gasteiger partial charge in [0.15, 0.2) is 0 Å². The van der Waals surface area contributed by atoms with Gasteiger partial charge in [-0.1, -0.05) is 23.2 Å². The molecule has 0 aliphatic carbocycles. The fraction of sp³-hybridized carbons (Fsp3) is 0.176. The van der Waals surface area contributed by atoms with Crippen molar-refractivity contribution in [2.45, 2.75) is 12.8 Å². The van der Waals surface area contributed by atoms with Crippen LogP contribution in [0.3, 0.4) is 0 Å². The van der Waals surface area contributed by atoms with Crippen LogP contribution in [0.15, 0.2) is 42.5 Å². The minimum atomic E-state index is -0.559. The minimum absolute atomic E-state index is 0.114. The largest absolute Gasteiger partial charge is 0.423 e. The highest BCUT2D eigenvalue weighted by molar-refractivity contribution is 6.36. The quantitative estimate of drug-likeness (QED) is 0.611. The highest BCUT2D eigenvalue weighted by Gasteiger charge is 2.21. The predicted octanol–water partition coefficient (Wildman–Crippen LogP) is 4.34. The van der Waals surface area contributed by atoms with Crippen LogP contribution in [0.4, 0.5) is 5.69 Å². The standard InChI is InChI=1S/C17H13Cl2NO3/c18-11-3-8-14(15(19)10-11)17(22)23-13-6-4-12(5-7-13)20-9-1-2-16(20)21/h3-8,10H,1-2,9H2. The van der Waals surface area contributed by atoms with E-state index in [1.165, 1.54) is 12.1 Å². The van der Waals surface area contributed by atoms with Gasteiger partial charge in [0.1, 0.15) is 5.75 Å². The topological polar surface area (TPSA) is 46.6 Å². The number of ether oxygens (including phenoxy) is 1. The second-order valence-corrected chi connectivity index (χ2v) is 6.00. The maximum Gasteiger partial charge on any atom is 0.345 e. The summed E-state index contributed by atoms with van der Waals surface area (Å²) in [5.74, 6) is -0.0595. The van der Waals surface area contributed by atoms with Gasteiger partial charge in [0.25, 0.3) is 0 Å². The van der Waals surface area contributed by atoms with Crippen molar-refractivity contribution in [1.82, 2.24) is 0 Å².